The molecule has 1 unspecified atom stereocenters. The van der Waals surface area contributed by atoms with E-state index in [4.69, 9.17) is 19.8 Å². The molecule has 1 saturated heterocycles. The number of hydrogen-bond donors (Lipinski definition) is 0. The number of aromatic nitrogens is 2. The first-order valence-corrected chi connectivity index (χ1v) is 8.71. The third-order valence-electron chi connectivity index (χ3n) is 4.13. The van der Waals surface area contributed by atoms with Crippen LogP contribution in [0.4, 0.5) is 8.78 Å². The number of carbonyl (C=O) groups is 1. The number of piperidine rings is 1. The molecule has 0 spiro atoms. The van der Waals surface area contributed by atoms with Crippen LogP contribution >= 0.6 is 11.6 Å². The highest BCUT2D eigenvalue weighted by molar-refractivity contribution is 6.31. The lowest BCUT2D eigenvalue weighted by atomic mass is 9.88. The molecule has 4 nitrogen and oxygen atoms in total. The Balaban J connectivity index is 1.81. The van der Waals surface area contributed by atoms with Gasteiger partial charge in [0, 0.05) is 45.6 Å². The van der Waals surface area contributed by atoms with E-state index in [1.54, 1.807) is 6.92 Å². The van der Waals surface area contributed by atoms with Gasteiger partial charge in [-0.1, -0.05) is 11.6 Å². The molecular weight excluding hydrogens is 372 g/mol. The van der Waals surface area contributed by atoms with Gasteiger partial charge in [0.25, 0.3) is 5.91 Å². The summed E-state index contributed by atoms with van der Waals surface area (Å²) in [4.78, 5) is 21.3. The second-order valence-electron chi connectivity index (χ2n) is 6.25. The van der Waals surface area contributed by atoms with Gasteiger partial charge in [-0.2, -0.15) is 0 Å². The van der Waals surface area contributed by atoms with Crippen LogP contribution in [0.25, 0.3) is 0 Å². The Labute approximate surface area is 171 Å². The zero-order valence-electron chi connectivity index (χ0n) is 20.6. The van der Waals surface area contributed by atoms with Gasteiger partial charge in [0.1, 0.15) is 17.3 Å². The molecule has 0 saturated carbocycles. The van der Waals surface area contributed by atoms with E-state index in [9.17, 15) is 9.18 Å². The lowest BCUT2D eigenvalue weighted by Crippen LogP contribution is -2.44. The average molecular weight is 400 g/mol. The van der Waals surface area contributed by atoms with Gasteiger partial charge < -0.3 is 4.90 Å². The summed E-state index contributed by atoms with van der Waals surface area (Å²) in [6.07, 6.45) is -5.01. The summed E-state index contributed by atoms with van der Waals surface area (Å²) in [5.41, 5.74) is -2.19. The van der Waals surface area contributed by atoms with Gasteiger partial charge in [0.05, 0.1) is 5.02 Å². The number of aryl methyl sites for hydroxylation is 2. The van der Waals surface area contributed by atoms with E-state index in [1.165, 1.54) is 12.4 Å². The van der Waals surface area contributed by atoms with E-state index < -0.39 is 62.4 Å². The number of carbonyl (C=O) groups excluding carboxylic acids is 1. The second kappa shape index (κ2) is 8.30. The number of rotatable bonds is 5. The van der Waals surface area contributed by atoms with E-state index in [2.05, 4.69) is 9.97 Å². The molecule has 144 valence electrons. The molecule has 0 N–H and O–H groups in total. The van der Waals surface area contributed by atoms with E-state index in [0.717, 1.165) is 23.1 Å². The van der Waals surface area contributed by atoms with Crippen LogP contribution in [0.5, 0.6) is 0 Å². The number of likely N-dealkylation sites (tertiary alicyclic amines) is 1. The molecule has 3 rings (SSSR count). The molecule has 27 heavy (non-hydrogen) atoms. The smallest absolute Gasteiger partial charge is 0.253 e. The summed E-state index contributed by atoms with van der Waals surface area (Å²) in [6.45, 7) is -1.36. The van der Waals surface area contributed by atoms with Crippen LogP contribution in [0, 0.1) is 12.7 Å². The van der Waals surface area contributed by atoms with Crippen LogP contribution < -0.4 is 0 Å². The number of nitrogens with zero attached hydrogens (tertiary/aromatic N) is 3. The number of hydrogen-bond acceptors (Lipinski definition) is 3. The summed E-state index contributed by atoms with van der Waals surface area (Å²) in [5, 5.41) is -0.324. The predicted molar refractivity (Wildman–Crippen MR) is 100 cm³/mol. The van der Waals surface area contributed by atoms with Crippen LogP contribution in [0.1, 0.15) is 55.6 Å². The standard InChI is InChI=1S/C20H22ClF2N3O/c1-14-12-24-18(25-13-14)3-2-6-20(23)7-9-26(10-8-20)19(27)15-4-5-17(22)16(21)11-15/h4-5,11-13H,2-3,6-10H2,1H3/i3D2,6D2,9D2. The molecule has 1 atom stereocenters. The van der Waals surface area contributed by atoms with Crippen molar-refractivity contribution in [3.8, 4) is 0 Å². The van der Waals surface area contributed by atoms with Crippen molar-refractivity contribution in [2.24, 2.45) is 0 Å². The van der Waals surface area contributed by atoms with Gasteiger partial charge in [0.2, 0.25) is 0 Å². The molecule has 1 fully saturated rings. The van der Waals surface area contributed by atoms with Crippen LogP contribution in [-0.4, -0.2) is 39.5 Å². The van der Waals surface area contributed by atoms with Gasteiger partial charge in [0.15, 0.2) is 0 Å². The highest BCUT2D eigenvalue weighted by atomic mass is 35.5. The van der Waals surface area contributed by atoms with Crippen molar-refractivity contribution in [2.75, 3.05) is 13.0 Å². The minimum Gasteiger partial charge on any atom is -0.338 e. The van der Waals surface area contributed by atoms with Crippen LogP contribution in [0.3, 0.4) is 0 Å². The molecule has 1 aromatic heterocycles. The van der Waals surface area contributed by atoms with Crippen molar-refractivity contribution in [2.45, 2.75) is 44.6 Å². The van der Waals surface area contributed by atoms with Crippen molar-refractivity contribution in [1.82, 2.24) is 14.9 Å². The minimum atomic E-state index is -2.80. The van der Waals surface area contributed by atoms with Crippen LogP contribution in [0.15, 0.2) is 30.6 Å². The Kier molecular flexibility index (Phi) is 4.04. The molecular formula is C20H22ClF2N3O. The first kappa shape index (κ1) is 13.2. The maximum absolute atomic E-state index is 15.9. The molecule has 0 aliphatic carbocycles. The topological polar surface area (TPSA) is 46.1 Å². The van der Waals surface area contributed by atoms with Crippen molar-refractivity contribution in [1.29, 1.82) is 0 Å². The normalized spacial score (nSPS) is 26.1. The summed E-state index contributed by atoms with van der Waals surface area (Å²) in [7, 11) is 0. The highest BCUT2D eigenvalue weighted by Crippen LogP contribution is 2.32. The number of amides is 1. The summed E-state index contributed by atoms with van der Waals surface area (Å²) in [5.74, 6) is -1.89. The van der Waals surface area contributed by atoms with Crippen molar-refractivity contribution < 1.29 is 21.8 Å². The van der Waals surface area contributed by atoms with Crippen molar-refractivity contribution in [3.63, 3.8) is 0 Å². The molecule has 0 bridgehead atoms. The molecule has 1 amide bonds. The summed E-state index contributed by atoms with van der Waals surface area (Å²) < 4.78 is 78.8. The van der Waals surface area contributed by atoms with Gasteiger partial charge in [-0.25, -0.2) is 18.7 Å². The Morgan fingerprint density at radius 1 is 1.41 bits per heavy atom. The maximum Gasteiger partial charge on any atom is 0.253 e. The molecule has 2 heterocycles. The Bertz CT molecular complexity index is 1060. The zero-order chi connectivity index (χ0) is 24.8. The molecule has 1 aliphatic rings. The first-order chi connectivity index (χ1) is 15.1. The molecule has 1 aromatic carbocycles. The van der Waals surface area contributed by atoms with E-state index in [-0.39, 0.29) is 16.4 Å². The second-order valence-corrected chi connectivity index (χ2v) is 6.66. The lowest BCUT2D eigenvalue weighted by molar-refractivity contribution is 0.0389. The molecule has 7 heteroatoms. The SMILES string of the molecule is [2H]C([2H])(CC([2H])([2H])C1(F)CCN(C(=O)c2ccc(F)c(Cl)c2)C([2H])([2H])C1)c1ncc(C)cn1. The Morgan fingerprint density at radius 3 is 2.81 bits per heavy atom. The summed E-state index contributed by atoms with van der Waals surface area (Å²) in [6, 6.07) is 3.14. The van der Waals surface area contributed by atoms with E-state index in [0.29, 0.717) is 5.56 Å². The van der Waals surface area contributed by atoms with Crippen LogP contribution in [-0.2, 0) is 6.37 Å². The molecule has 2 aromatic rings. The van der Waals surface area contributed by atoms with E-state index in [1.807, 2.05) is 0 Å². The maximum atomic E-state index is 15.9. The largest absolute Gasteiger partial charge is 0.338 e. The fourth-order valence-electron chi connectivity index (χ4n) is 2.55. The molecule has 1 aliphatic heterocycles. The summed E-state index contributed by atoms with van der Waals surface area (Å²) >= 11 is 5.70. The van der Waals surface area contributed by atoms with Gasteiger partial charge in [-0.15, -0.1) is 0 Å². The first-order valence-electron chi connectivity index (χ1n) is 11.3. The lowest BCUT2D eigenvalue weighted by Gasteiger charge is -2.36. The highest BCUT2D eigenvalue weighted by Gasteiger charge is 2.35. The van der Waals surface area contributed by atoms with Gasteiger partial charge in [-0.3, -0.25) is 4.79 Å². The number of alkyl halides is 1. The Hall–Kier alpha value is -2.08. The minimum absolute atomic E-state index is 0.0903. The van der Waals surface area contributed by atoms with Crippen LogP contribution in [0.2, 0.25) is 5.02 Å². The fourth-order valence-corrected chi connectivity index (χ4v) is 2.73. The van der Waals surface area contributed by atoms with Crippen molar-refractivity contribution >= 4 is 17.5 Å². The van der Waals surface area contributed by atoms with Gasteiger partial charge in [-0.05, 0) is 56.3 Å². The molecule has 0 radical (unpaired) electrons. The van der Waals surface area contributed by atoms with E-state index >= 15 is 4.39 Å². The Morgan fingerprint density at radius 2 is 2.15 bits per heavy atom. The fraction of sp³-hybridized carbons (Fsp3) is 0.450. The quantitative estimate of drug-likeness (QED) is 0.741. The van der Waals surface area contributed by atoms with Crippen molar-refractivity contribution in [3.05, 3.63) is 58.4 Å². The number of benzene rings is 1. The number of halogens is 3. The monoisotopic (exact) mass is 399 g/mol. The third kappa shape index (κ3) is 5.01. The predicted octanol–water partition coefficient (Wildman–Crippen LogP) is 4.54. The zero-order valence-corrected chi connectivity index (χ0v) is 15.4. The average Bonchev–Trinajstić information content (AvgIpc) is 2.68. The third-order valence-corrected chi connectivity index (χ3v) is 4.42. The van der Waals surface area contributed by atoms with Gasteiger partial charge >= 0.3 is 0 Å².